The molecule has 0 bridgehead atoms. The van der Waals surface area contributed by atoms with Gasteiger partial charge in [0.1, 0.15) is 6.10 Å². The fourth-order valence-corrected chi connectivity index (χ4v) is 3.13. The van der Waals surface area contributed by atoms with Crippen LogP contribution < -0.4 is 9.47 Å². The van der Waals surface area contributed by atoms with Crippen molar-refractivity contribution in [2.45, 2.75) is 18.4 Å². The van der Waals surface area contributed by atoms with Gasteiger partial charge in [-0.2, -0.15) is 0 Å². The summed E-state index contributed by atoms with van der Waals surface area (Å²) in [4.78, 5) is 2.37. The lowest BCUT2D eigenvalue weighted by Crippen LogP contribution is -2.42. The summed E-state index contributed by atoms with van der Waals surface area (Å²) in [5, 5.41) is 0. The van der Waals surface area contributed by atoms with E-state index in [0.717, 1.165) is 31.0 Å². The van der Waals surface area contributed by atoms with Crippen LogP contribution in [-0.4, -0.2) is 38.3 Å². The second-order valence-corrected chi connectivity index (χ2v) is 5.88. The van der Waals surface area contributed by atoms with E-state index >= 15 is 0 Å². The molecule has 3 nitrogen and oxygen atoms in total. The van der Waals surface area contributed by atoms with Crippen LogP contribution in [0.25, 0.3) is 0 Å². The summed E-state index contributed by atoms with van der Waals surface area (Å²) >= 11 is 0. The van der Waals surface area contributed by atoms with Crippen LogP contribution in [0.1, 0.15) is 17.9 Å². The lowest BCUT2D eigenvalue weighted by atomic mass is 9.88. The molecule has 1 aliphatic rings. The Kier molecular flexibility index (Phi) is 4.64. The highest BCUT2D eigenvalue weighted by atomic mass is 16.5. The number of hydrogen-bond acceptors (Lipinski definition) is 3. The topological polar surface area (TPSA) is 21.7 Å². The Balaban J connectivity index is 1.84. The van der Waals surface area contributed by atoms with Crippen LogP contribution in [-0.2, 0) is 0 Å². The summed E-state index contributed by atoms with van der Waals surface area (Å²) < 4.78 is 11.8. The first-order chi connectivity index (χ1) is 10.8. The number of rotatable bonds is 4. The molecular formula is C19H23NO2. The second kappa shape index (κ2) is 6.84. The van der Waals surface area contributed by atoms with Crippen molar-refractivity contribution >= 4 is 0 Å². The number of methoxy groups -OCH3 is 1. The van der Waals surface area contributed by atoms with Crippen LogP contribution >= 0.6 is 0 Å². The minimum absolute atomic E-state index is 0.176. The molecule has 0 amide bonds. The van der Waals surface area contributed by atoms with Crippen LogP contribution in [0.5, 0.6) is 11.5 Å². The molecule has 1 fully saturated rings. The first-order valence-electron chi connectivity index (χ1n) is 7.81. The molecule has 0 aromatic heterocycles. The van der Waals surface area contributed by atoms with Gasteiger partial charge in [-0.05, 0) is 31.2 Å². The molecule has 0 radical (unpaired) electrons. The molecule has 3 heteroatoms. The van der Waals surface area contributed by atoms with Crippen molar-refractivity contribution in [1.29, 1.82) is 0 Å². The van der Waals surface area contributed by atoms with Crippen LogP contribution in [0, 0.1) is 0 Å². The number of likely N-dealkylation sites (N-methyl/N-ethyl adjacent to an activating group) is 1. The molecular weight excluding hydrogens is 274 g/mol. The van der Waals surface area contributed by atoms with Gasteiger partial charge in [0, 0.05) is 19.0 Å². The van der Waals surface area contributed by atoms with E-state index < -0.39 is 0 Å². The van der Waals surface area contributed by atoms with Gasteiger partial charge in [-0.1, -0.05) is 42.5 Å². The monoisotopic (exact) mass is 297 g/mol. The summed E-state index contributed by atoms with van der Waals surface area (Å²) in [6, 6.07) is 18.5. The number of nitrogens with zero attached hydrogens (tertiary/aromatic N) is 1. The summed E-state index contributed by atoms with van der Waals surface area (Å²) in [5.74, 6) is 2.01. The third kappa shape index (κ3) is 3.25. The number of likely N-dealkylation sites (tertiary alicyclic amines) is 1. The van der Waals surface area contributed by atoms with Gasteiger partial charge in [0.2, 0.25) is 0 Å². The molecule has 1 heterocycles. The standard InChI is InChI=1S/C19H23NO2/c1-20-13-12-17(16(14-20)15-8-4-3-5-9-15)22-19-11-7-6-10-18(19)21-2/h3-11,16-17H,12-14H2,1-2H3/t16-,17+/m1/s1. The van der Waals surface area contributed by atoms with E-state index in [4.69, 9.17) is 9.47 Å². The van der Waals surface area contributed by atoms with Gasteiger partial charge in [-0.25, -0.2) is 0 Å². The van der Waals surface area contributed by atoms with Gasteiger partial charge in [0.15, 0.2) is 11.5 Å². The van der Waals surface area contributed by atoms with E-state index in [1.54, 1.807) is 7.11 Å². The quantitative estimate of drug-likeness (QED) is 0.861. The molecule has 2 atom stereocenters. The fraction of sp³-hybridized carbons (Fsp3) is 0.368. The van der Waals surface area contributed by atoms with Gasteiger partial charge in [-0.15, -0.1) is 0 Å². The summed E-state index contributed by atoms with van der Waals surface area (Å²) in [6.45, 7) is 2.08. The van der Waals surface area contributed by atoms with Crippen molar-refractivity contribution < 1.29 is 9.47 Å². The molecule has 2 aromatic carbocycles. The van der Waals surface area contributed by atoms with E-state index in [1.807, 2.05) is 24.3 Å². The first-order valence-corrected chi connectivity index (χ1v) is 7.81. The van der Waals surface area contributed by atoms with E-state index in [9.17, 15) is 0 Å². The van der Waals surface area contributed by atoms with Crippen molar-refractivity contribution in [2.75, 3.05) is 27.2 Å². The Morgan fingerprint density at radius 2 is 1.64 bits per heavy atom. The average Bonchev–Trinajstić information content (AvgIpc) is 2.58. The molecule has 0 saturated carbocycles. The van der Waals surface area contributed by atoms with E-state index in [1.165, 1.54) is 5.56 Å². The predicted molar refractivity (Wildman–Crippen MR) is 88.7 cm³/mol. The molecule has 2 aromatic rings. The number of ether oxygens (including phenoxy) is 2. The Bertz CT molecular complexity index is 599. The summed E-state index contributed by atoms with van der Waals surface area (Å²) in [6.07, 6.45) is 1.20. The first kappa shape index (κ1) is 14.9. The smallest absolute Gasteiger partial charge is 0.161 e. The maximum absolute atomic E-state index is 6.34. The second-order valence-electron chi connectivity index (χ2n) is 5.88. The largest absolute Gasteiger partial charge is 0.493 e. The fourth-order valence-electron chi connectivity index (χ4n) is 3.13. The Hall–Kier alpha value is -2.00. The maximum Gasteiger partial charge on any atom is 0.161 e. The van der Waals surface area contributed by atoms with Crippen molar-refractivity contribution in [3.8, 4) is 11.5 Å². The minimum atomic E-state index is 0.176. The van der Waals surface area contributed by atoms with Crippen LogP contribution in [0.2, 0.25) is 0 Å². The Labute approximate surface area is 132 Å². The highest BCUT2D eigenvalue weighted by Crippen LogP contribution is 2.34. The van der Waals surface area contributed by atoms with Gasteiger partial charge in [0.05, 0.1) is 7.11 Å². The van der Waals surface area contributed by atoms with Crippen LogP contribution in [0.15, 0.2) is 54.6 Å². The van der Waals surface area contributed by atoms with Gasteiger partial charge < -0.3 is 14.4 Å². The van der Waals surface area contributed by atoms with Crippen molar-refractivity contribution in [3.05, 3.63) is 60.2 Å². The summed E-state index contributed by atoms with van der Waals surface area (Å²) in [7, 11) is 3.86. The molecule has 1 saturated heterocycles. The number of hydrogen-bond donors (Lipinski definition) is 0. The molecule has 0 unspecified atom stereocenters. The van der Waals surface area contributed by atoms with Crippen LogP contribution in [0.4, 0.5) is 0 Å². The zero-order valence-corrected chi connectivity index (χ0v) is 13.2. The zero-order chi connectivity index (χ0) is 15.4. The lowest BCUT2D eigenvalue weighted by Gasteiger charge is -2.37. The highest BCUT2D eigenvalue weighted by molar-refractivity contribution is 5.39. The minimum Gasteiger partial charge on any atom is -0.493 e. The number of para-hydroxylation sites is 2. The third-order valence-electron chi connectivity index (χ3n) is 4.33. The summed E-state index contributed by atoms with van der Waals surface area (Å²) in [5.41, 5.74) is 1.34. The SMILES string of the molecule is COc1ccccc1O[C@H]1CCN(C)C[C@@H]1c1ccccc1. The Morgan fingerprint density at radius 1 is 0.955 bits per heavy atom. The average molecular weight is 297 g/mol. The molecule has 0 N–H and O–H groups in total. The van der Waals surface area contributed by atoms with Gasteiger partial charge in [0.25, 0.3) is 0 Å². The molecule has 3 rings (SSSR count). The molecule has 0 spiro atoms. The molecule has 22 heavy (non-hydrogen) atoms. The zero-order valence-electron chi connectivity index (χ0n) is 13.2. The normalized spacial score (nSPS) is 22.3. The predicted octanol–water partition coefficient (Wildman–Crippen LogP) is 3.56. The number of piperidine rings is 1. The lowest BCUT2D eigenvalue weighted by molar-refractivity contribution is 0.0876. The van der Waals surface area contributed by atoms with Gasteiger partial charge >= 0.3 is 0 Å². The number of benzene rings is 2. The van der Waals surface area contributed by atoms with E-state index in [2.05, 4.69) is 42.3 Å². The third-order valence-corrected chi connectivity index (χ3v) is 4.33. The Morgan fingerprint density at radius 3 is 2.36 bits per heavy atom. The van der Waals surface area contributed by atoms with Crippen molar-refractivity contribution in [1.82, 2.24) is 4.90 Å². The molecule has 1 aliphatic heterocycles. The highest BCUT2D eigenvalue weighted by Gasteiger charge is 2.31. The van der Waals surface area contributed by atoms with Crippen molar-refractivity contribution in [3.63, 3.8) is 0 Å². The van der Waals surface area contributed by atoms with Gasteiger partial charge in [-0.3, -0.25) is 0 Å². The maximum atomic E-state index is 6.34. The van der Waals surface area contributed by atoms with E-state index in [0.29, 0.717) is 5.92 Å². The molecule has 0 aliphatic carbocycles. The van der Waals surface area contributed by atoms with Crippen LogP contribution in [0.3, 0.4) is 0 Å². The van der Waals surface area contributed by atoms with E-state index in [-0.39, 0.29) is 6.10 Å². The molecule has 116 valence electrons. The van der Waals surface area contributed by atoms with Crippen molar-refractivity contribution in [2.24, 2.45) is 0 Å².